The van der Waals surface area contributed by atoms with Gasteiger partial charge in [0, 0.05) is 28.3 Å². The van der Waals surface area contributed by atoms with E-state index in [-0.39, 0.29) is 30.3 Å². The average Bonchev–Trinajstić information content (AvgIpc) is 3.06. The van der Waals surface area contributed by atoms with Crippen LogP contribution in [0.2, 0.25) is 0 Å². The number of carbonyl (C=O) groups is 1. The molecule has 3 N–H and O–H groups in total. The number of Topliss-reactive ketones (excluding diaryl/α,β-unsaturated/α-hetero) is 1. The van der Waals surface area contributed by atoms with Crippen LogP contribution in [-0.4, -0.2) is 12.0 Å². The second kappa shape index (κ2) is 9.56. The Kier molecular flexibility index (Phi) is 7.59. The van der Waals surface area contributed by atoms with E-state index in [1.165, 1.54) is 23.9 Å². The van der Waals surface area contributed by atoms with Crippen molar-refractivity contribution in [3.05, 3.63) is 70.4 Å². The number of rotatable bonds is 5. The first-order valence-electron chi connectivity index (χ1n) is 8.78. The third-order valence-electron chi connectivity index (χ3n) is 4.72. The number of ketones is 1. The van der Waals surface area contributed by atoms with E-state index in [9.17, 15) is 18.0 Å². The summed E-state index contributed by atoms with van der Waals surface area (Å²) in [7, 11) is 0. The highest BCUT2D eigenvalue weighted by Gasteiger charge is 2.32. The summed E-state index contributed by atoms with van der Waals surface area (Å²) in [5.74, 6) is -0.136. The van der Waals surface area contributed by atoms with Gasteiger partial charge in [-0.3, -0.25) is 4.79 Å². The summed E-state index contributed by atoms with van der Waals surface area (Å²) in [6, 6.07) is 11.2. The molecule has 30 heavy (non-hydrogen) atoms. The zero-order chi connectivity index (χ0) is 21.2. The van der Waals surface area contributed by atoms with E-state index in [4.69, 9.17) is 11.0 Å². The molecule has 158 valence electrons. The van der Waals surface area contributed by atoms with Gasteiger partial charge in [-0.15, -0.1) is 24.2 Å². The fourth-order valence-electron chi connectivity index (χ4n) is 3.31. The van der Waals surface area contributed by atoms with Gasteiger partial charge in [0.25, 0.3) is 0 Å². The van der Waals surface area contributed by atoms with Crippen molar-refractivity contribution in [2.75, 3.05) is 11.6 Å². The van der Waals surface area contributed by atoms with Crippen molar-refractivity contribution >= 4 is 35.6 Å². The molecule has 0 saturated carbocycles. The van der Waals surface area contributed by atoms with Crippen molar-refractivity contribution in [2.24, 2.45) is 5.73 Å². The van der Waals surface area contributed by atoms with Crippen LogP contribution < -0.4 is 11.1 Å². The van der Waals surface area contributed by atoms with E-state index in [0.29, 0.717) is 28.8 Å². The number of thioether (sulfide) groups is 1. The number of alkyl halides is 3. The molecule has 2 aromatic carbocycles. The zero-order valence-electron chi connectivity index (χ0n) is 15.9. The molecular weight excluding hydrogens is 435 g/mol. The van der Waals surface area contributed by atoms with Crippen LogP contribution in [0.5, 0.6) is 0 Å². The smallest absolute Gasteiger partial charge is 0.358 e. The Balaban J connectivity index is 0.00000320. The quantitative estimate of drug-likeness (QED) is 0.588. The number of halogens is 4. The maximum atomic E-state index is 13.0. The van der Waals surface area contributed by atoms with Crippen molar-refractivity contribution in [3.8, 4) is 6.07 Å². The van der Waals surface area contributed by atoms with E-state index >= 15 is 0 Å². The van der Waals surface area contributed by atoms with Crippen LogP contribution >= 0.6 is 24.2 Å². The van der Waals surface area contributed by atoms with Crippen molar-refractivity contribution in [2.45, 2.75) is 30.0 Å². The lowest BCUT2D eigenvalue weighted by atomic mass is 9.96. The van der Waals surface area contributed by atoms with Gasteiger partial charge in [0.15, 0.2) is 5.78 Å². The van der Waals surface area contributed by atoms with Gasteiger partial charge in [-0.2, -0.15) is 18.4 Å². The van der Waals surface area contributed by atoms with E-state index in [1.54, 1.807) is 18.2 Å². The molecule has 0 aromatic heterocycles. The Hall–Kier alpha value is -2.47. The molecule has 0 amide bonds. The second-order valence-corrected chi connectivity index (χ2v) is 7.41. The minimum Gasteiger partial charge on any atom is -0.358 e. The van der Waals surface area contributed by atoms with Gasteiger partial charge in [-0.25, -0.2) is 0 Å². The van der Waals surface area contributed by atoms with Crippen LogP contribution in [0.4, 0.5) is 18.9 Å². The molecule has 0 aliphatic heterocycles. The average molecular weight is 454 g/mol. The molecule has 2 aromatic rings. The van der Waals surface area contributed by atoms with Gasteiger partial charge in [0.05, 0.1) is 23.2 Å². The van der Waals surface area contributed by atoms with Gasteiger partial charge in [0.1, 0.15) is 0 Å². The Morgan fingerprint density at radius 3 is 2.57 bits per heavy atom. The first kappa shape index (κ1) is 23.8. The van der Waals surface area contributed by atoms with Gasteiger partial charge >= 0.3 is 6.18 Å². The summed E-state index contributed by atoms with van der Waals surface area (Å²) in [6.45, 7) is 0. The van der Waals surface area contributed by atoms with Crippen molar-refractivity contribution in [3.63, 3.8) is 0 Å². The van der Waals surface area contributed by atoms with Crippen LogP contribution in [0.25, 0.3) is 0 Å². The molecule has 1 atom stereocenters. The third-order valence-corrected chi connectivity index (χ3v) is 5.51. The molecule has 0 fully saturated rings. The minimum absolute atomic E-state index is 0. The lowest BCUT2D eigenvalue weighted by Crippen LogP contribution is -2.20. The zero-order valence-corrected chi connectivity index (χ0v) is 17.5. The Morgan fingerprint density at radius 2 is 1.93 bits per heavy atom. The molecule has 0 saturated heterocycles. The van der Waals surface area contributed by atoms with Crippen LogP contribution in [0.3, 0.4) is 0 Å². The van der Waals surface area contributed by atoms with Crippen molar-refractivity contribution < 1.29 is 18.0 Å². The fourth-order valence-corrected chi connectivity index (χ4v) is 3.98. The number of hydrogen-bond donors (Lipinski definition) is 2. The lowest BCUT2D eigenvalue weighted by molar-refractivity contribution is -0.137. The molecule has 9 heteroatoms. The number of nitrogens with zero attached hydrogens (tertiary/aromatic N) is 1. The Labute approximate surface area is 182 Å². The van der Waals surface area contributed by atoms with Gasteiger partial charge in [-0.05, 0) is 48.6 Å². The number of anilines is 1. The van der Waals surface area contributed by atoms with Crippen LogP contribution in [0, 0.1) is 11.3 Å². The number of benzene rings is 2. The topological polar surface area (TPSA) is 78.9 Å². The molecule has 0 radical (unpaired) electrons. The maximum Gasteiger partial charge on any atom is 0.416 e. The maximum absolute atomic E-state index is 13.0. The monoisotopic (exact) mass is 453 g/mol. The van der Waals surface area contributed by atoms with Crippen LogP contribution in [-0.2, 0) is 11.0 Å². The SMILES string of the molecule is CSc1cc(C#N)ccc1C(N)C1=C(Nc2cccc(C(F)(F)F)c2)CCC1=O.Cl. The standard InChI is InChI=1S/C21H18F3N3OS.ClH/c1-29-18-9-12(11-25)5-6-15(18)20(26)19-16(7-8-17(19)28)27-14-4-2-3-13(10-14)21(22,23)24;/h2-6,9-10,20,27H,7-8,26H2,1H3;1H. The molecule has 0 heterocycles. The predicted molar refractivity (Wildman–Crippen MR) is 113 cm³/mol. The van der Waals surface area contributed by atoms with Crippen molar-refractivity contribution in [1.29, 1.82) is 5.26 Å². The Bertz CT molecular complexity index is 1030. The molecule has 0 spiro atoms. The number of carbonyl (C=O) groups excluding carboxylic acids is 1. The molecule has 1 aliphatic carbocycles. The van der Waals surface area contributed by atoms with Gasteiger partial charge in [-0.1, -0.05) is 12.1 Å². The summed E-state index contributed by atoms with van der Waals surface area (Å²) in [5, 5.41) is 12.0. The summed E-state index contributed by atoms with van der Waals surface area (Å²) >= 11 is 1.41. The summed E-state index contributed by atoms with van der Waals surface area (Å²) in [4.78, 5) is 13.3. The number of nitrogens with two attached hydrogens (primary N) is 1. The van der Waals surface area contributed by atoms with E-state index in [0.717, 1.165) is 17.0 Å². The highest BCUT2D eigenvalue weighted by Crippen LogP contribution is 2.37. The number of allylic oxidation sites excluding steroid dienone is 1. The molecule has 1 unspecified atom stereocenters. The summed E-state index contributed by atoms with van der Waals surface area (Å²) < 4.78 is 38.9. The largest absolute Gasteiger partial charge is 0.416 e. The minimum atomic E-state index is -4.45. The van der Waals surface area contributed by atoms with E-state index < -0.39 is 17.8 Å². The fraction of sp³-hybridized carbons (Fsp3) is 0.238. The molecule has 4 nitrogen and oxygen atoms in total. The third kappa shape index (κ3) is 4.98. The molecule has 0 bridgehead atoms. The first-order chi connectivity index (χ1) is 13.7. The summed E-state index contributed by atoms with van der Waals surface area (Å²) in [6.07, 6.45) is -1.98. The first-order valence-corrected chi connectivity index (χ1v) is 10.0. The van der Waals surface area contributed by atoms with Crippen molar-refractivity contribution in [1.82, 2.24) is 0 Å². The molecule has 3 rings (SSSR count). The summed E-state index contributed by atoms with van der Waals surface area (Å²) in [5.41, 5.74) is 7.96. The Morgan fingerprint density at radius 1 is 1.20 bits per heavy atom. The number of nitrogens with one attached hydrogen (secondary N) is 1. The highest BCUT2D eigenvalue weighted by atomic mass is 35.5. The lowest BCUT2D eigenvalue weighted by Gasteiger charge is -2.19. The van der Waals surface area contributed by atoms with E-state index in [2.05, 4.69) is 11.4 Å². The van der Waals surface area contributed by atoms with Gasteiger partial charge < -0.3 is 11.1 Å². The second-order valence-electron chi connectivity index (χ2n) is 6.57. The molecule has 1 aliphatic rings. The normalized spacial score (nSPS) is 14.9. The van der Waals surface area contributed by atoms with Crippen LogP contribution in [0.1, 0.15) is 35.6 Å². The van der Waals surface area contributed by atoms with Crippen LogP contribution in [0.15, 0.2) is 58.6 Å². The number of nitriles is 1. The molecular formula is C21H19ClF3N3OS. The van der Waals surface area contributed by atoms with E-state index in [1.807, 2.05) is 6.26 Å². The predicted octanol–water partition coefficient (Wildman–Crippen LogP) is 5.45. The van der Waals surface area contributed by atoms with Gasteiger partial charge in [0.2, 0.25) is 0 Å². The number of hydrogen-bond acceptors (Lipinski definition) is 5. The highest BCUT2D eigenvalue weighted by molar-refractivity contribution is 7.98.